The highest BCUT2D eigenvalue weighted by Crippen LogP contribution is 2.44. The lowest BCUT2D eigenvalue weighted by Crippen LogP contribution is -2.29. The summed E-state index contributed by atoms with van der Waals surface area (Å²) in [4.78, 5) is 40.7. The zero-order valence-corrected chi connectivity index (χ0v) is 18.5. The molecule has 164 valence electrons. The van der Waals surface area contributed by atoms with E-state index in [4.69, 9.17) is 4.74 Å². The normalized spacial score (nSPS) is 17.6. The molecule has 0 saturated carbocycles. The van der Waals surface area contributed by atoms with Crippen LogP contribution in [-0.2, 0) is 9.59 Å². The number of carbonyl (C=O) groups is 2. The Morgan fingerprint density at radius 2 is 1.91 bits per heavy atom. The summed E-state index contributed by atoms with van der Waals surface area (Å²) in [7, 11) is 1.59. The number of Topliss-reactive ketones (excluding diaryl/α,β-unsaturated/α-hetero) is 1. The Kier molecular flexibility index (Phi) is 5.10. The molecule has 0 radical (unpaired) electrons. The monoisotopic (exact) mass is 458 g/mol. The van der Waals surface area contributed by atoms with Crippen LogP contribution < -0.4 is 9.64 Å². The Morgan fingerprint density at radius 1 is 1.12 bits per heavy atom. The third-order valence-electron chi connectivity index (χ3n) is 5.47. The number of thiazole rings is 1. The lowest BCUT2D eigenvalue weighted by atomic mass is 9.99. The van der Waals surface area contributed by atoms with Gasteiger partial charge in [-0.05, 0) is 48.9 Å². The number of benzene rings is 1. The summed E-state index contributed by atoms with van der Waals surface area (Å²) in [5.74, 6) is -1.15. The summed E-state index contributed by atoms with van der Waals surface area (Å²) < 4.78 is 6.21. The van der Waals surface area contributed by atoms with Crippen molar-refractivity contribution >= 4 is 44.1 Å². The Balaban J connectivity index is 1.72. The van der Waals surface area contributed by atoms with Crippen molar-refractivity contribution in [1.29, 1.82) is 0 Å². The SMILES string of the molecule is COc1cc2sc(N3C(=O)C(=O)/C(=C(/O)c4ccncc4)C3c3ccccn3)nc2cc1C. The van der Waals surface area contributed by atoms with Crippen molar-refractivity contribution in [3.63, 3.8) is 0 Å². The zero-order chi connectivity index (χ0) is 23.1. The molecule has 1 fully saturated rings. The molecular weight excluding hydrogens is 440 g/mol. The van der Waals surface area contributed by atoms with Gasteiger partial charge in [0, 0.05) is 24.2 Å². The van der Waals surface area contributed by atoms with Crippen LogP contribution in [0.2, 0.25) is 0 Å². The lowest BCUT2D eigenvalue weighted by molar-refractivity contribution is -0.132. The van der Waals surface area contributed by atoms with Crippen LogP contribution in [0.3, 0.4) is 0 Å². The molecule has 0 spiro atoms. The molecule has 1 amide bonds. The number of nitrogens with zero attached hydrogens (tertiary/aromatic N) is 4. The smallest absolute Gasteiger partial charge is 0.301 e. The quantitative estimate of drug-likeness (QED) is 0.280. The number of aliphatic hydroxyl groups is 1. The van der Waals surface area contributed by atoms with E-state index < -0.39 is 17.7 Å². The maximum Gasteiger partial charge on any atom is 0.301 e. The van der Waals surface area contributed by atoms with E-state index >= 15 is 0 Å². The fourth-order valence-corrected chi connectivity index (χ4v) is 4.89. The molecule has 33 heavy (non-hydrogen) atoms. The van der Waals surface area contributed by atoms with E-state index in [-0.39, 0.29) is 11.3 Å². The first-order chi connectivity index (χ1) is 16.0. The summed E-state index contributed by atoms with van der Waals surface area (Å²) in [6, 6.07) is 11.2. The molecule has 1 unspecified atom stereocenters. The number of pyridine rings is 2. The Labute approximate surface area is 192 Å². The summed E-state index contributed by atoms with van der Waals surface area (Å²) in [6.45, 7) is 1.91. The number of aliphatic hydroxyl groups excluding tert-OH is 1. The van der Waals surface area contributed by atoms with Crippen LogP contribution in [-0.4, -0.2) is 38.9 Å². The van der Waals surface area contributed by atoms with Gasteiger partial charge in [-0.25, -0.2) is 4.98 Å². The molecule has 0 bridgehead atoms. The van der Waals surface area contributed by atoms with Gasteiger partial charge >= 0.3 is 5.91 Å². The van der Waals surface area contributed by atoms with Gasteiger partial charge in [0.05, 0.1) is 28.6 Å². The Bertz CT molecular complexity index is 1420. The minimum atomic E-state index is -0.928. The van der Waals surface area contributed by atoms with Crippen molar-refractivity contribution in [3.8, 4) is 5.75 Å². The highest BCUT2D eigenvalue weighted by Gasteiger charge is 2.48. The lowest BCUT2D eigenvalue weighted by Gasteiger charge is -2.21. The third kappa shape index (κ3) is 3.42. The molecule has 1 N–H and O–H groups in total. The van der Waals surface area contributed by atoms with Gasteiger partial charge in [-0.1, -0.05) is 17.4 Å². The molecule has 0 aliphatic carbocycles. The van der Waals surface area contributed by atoms with Gasteiger partial charge in [0.25, 0.3) is 5.78 Å². The predicted molar refractivity (Wildman–Crippen MR) is 124 cm³/mol. The molecule has 4 aromatic rings. The summed E-state index contributed by atoms with van der Waals surface area (Å²) >= 11 is 1.27. The number of aryl methyl sites for hydroxylation is 1. The standard InChI is InChI=1S/C24H18N4O4S/c1-13-11-16-18(12-17(13)32-2)33-24(27-16)28-20(15-5-3-4-8-26-15)19(22(30)23(28)31)21(29)14-6-9-25-10-7-14/h3-12,20,29H,1-2H3/b21-19+. The average Bonchev–Trinajstić information content (AvgIpc) is 3.36. The summed E-state index contributed by atoms with van der Waals surface area (Å²) in [6.07, 6.45) is 4.59. The van der Waals surface area contributed by atoms with Crippen molar-refractivity contribution in [3.05, 3.63) is 83.4 Å². The van der Waals surface area contributed by atoms with E-state index in [1.165, 1.54) is 28.6 Å². The molecule has 8 nitrogen and oxygen atoms in total. The third-order valence-corrected chi connectivity index (χ3v) is 6.48. The minimum Gasteiger partial charge on any atom is -0.507 e. The molecule has 9 heteroatoms. The Morgan fingerprint density at radius 3 is 2.61 bits per heavy atom. The van der Waals surface area contributed by atoms with E-state index in [9.17, 15) is 14.7 Å². The van der Waals surface area contributed by atoms with Crippen molar-refractivity contribution in [1.82, 2.24) is 15.0 Å². The number of fused-ring (bicyclic) bond motifs is 1. The zero-order valence-electron chi connectivity index (χ0n) is 17.7. The van der Waals surface area contributed by atoms with E-state index in [2.05, 4.69) is 15.0 Å². The number of methoxy groups -OCH3 is 1. The first kappa shape index (κ1) is 20.8. The van der Waals surface area contributed by atoms with Crippen molar-refractivity contribution in [2.24, 2.45) is 0 Å². The molecular formula is C24H18N4O4S. The van der Waals surface area contributed by atoms with Crippen molar-refractivity contribution in [2.45, 2.75) is 13.0 Å². The second-order valence-corrected chi connectivity index (χ2v) is 8.45. The van der Waals surface area contributed by atoms with Crippen molar-refractivity contribution < 1.29 is 19.4 Å². The van der Waals surface area contributed by atoms with Gasteiger partial charge in [-0.2, -0.15) is 0 Å². The number of amides is 1. The van der Waals surface area contributed by atoms with Crippen LogP contribution in [0.1, 0.15) is 22.9 Å². The number of ether oxygens (including phenoxy) is 1. The van der Waals surface area contributed by atoms with E-state index in [0.717, 1.165) is 10.3 Å². The second kappa shape index (κ2) is 8.10. The van der Waals surface area contributed by atoms with Crippen LogP contribution >= 0.6 is 11.3 Å². The van der Waals surface area contributed by atoms with Gasteiger partial charge in [0.15, 0.2) is 5.13 Å². The highest BCUT2D eigenvalue weighted by molar-refractivity contribution is 7.22. The fraction of sp³-hybridized carbons (Fsp3) is 0.125. The van der Waals surface area contributed by atoms with Gasteiger partial charge in [0.1, 0.15) is 17.6 Å². The van der Waals surface area contributed by atoms with E-state index in [1.807, 2.05) is 19.1 Å². The van der Waals surface area contributed by atoms with Gasteiger partial charge in [-0.15, -0.1) is 0 Å². The van der Waals surface area contributed by atoms with E-state index in [0.29, 0.717) is 27.7 Å². The second-order valence-electron chi connectivity index (χ2n) is 7.45. The van der Waals surface area contributed by atoms with Crippen LogP contribution in [0, 0.1) is 6.92 Å². The van der Waals surface area contributed by atoms with Crippen LogP contribution in [0.15, 0.2) is 66.6 Å². The maximum absolute atomic E-state index is 13.2. The first-order valence-corrected chi connectivity index (χ1v) is 10.9. The molecule has 1 aromatic carbocycles. The van der Waals surface area contributed by atoms with Crippen molar-refractivity contribution in [2.75, 3.05) is 12.0 Å². The van der Waals surface area contributed by atoms with Gasteiger partial charge in [-0.3, -0.25) is 24.5 Å². The molecule has 1 aliphatic heterocycles. The minimum absolute atomic E-state index is 0.0436. The fourth-order valence-electron chi connectivity index (χ4n) is 3.88. The van der Waals surface area contributed by atoms with Crippen LogP contribution in [0.5, 0.6) is 5.75 Å². The van der Waals surface area contributed by atoms with Gasteiger partial charge < -0.3 is 9.84 Å². The number of anilines is 1. The predicted octanol–water partition coefficient (Wildman–Crippen LogP) is 4.03. The topological polar surface area (TPSA) is 106 Å². The summed E-state index contributed by atoms with van der Waals surface area (Å²) in [5.41, 5.74) is 2.37. The molecule has 1 atom stereocenters. The molecule has 4 heterocycles. The maximum atomic E-state index is 13.2. The molecule has 1 saturated heterocycles. The van der Waals surface area contributed by atoms with Crippen LogP contribution in [0.25, 0.3) is 16.0 Å². The molecule has 1 aliphatic rings. The van der Waals surface area contributed by atoms with Crippen LogP contribution in [0.4, 0.5) is 5.13 Å². The number of hydrogen-bond donors (Lipinski definition) is 1. The van der Waals surface area contributed by atoms with Gasteiger partial charge in [0.2, 0.25) is 0 Å². The number of ketones is 1. The first-order valence-electron chi connectivity index (χ1n) is 10.1. The number of rotatable bonds is 4. The summed E-state index contributed by atoms with van der Waals surface area (Å²) in [5, 5.41) is 11.4. The number of hydrogen-bond acceptors (Lipinski definition) is 8. The number of aromatic nitrogens is 3. The molecule has 3 aromatic heterocycles. The number of carbonyl (C=O) groups excluding carboxylic acids is 2. The van der Waals surface area contributed by atoms with E-state index in [1.54, 1.807) is 43.6 Å². The largest absolute Gasteiger partial charge is 0.507 e. The average molecular weight is 458 g/mol. The molecule has 5 rings (SSSR count). The Hall–Kier alpha value is -4.11. The highest BCUT2D eigenvalue weighted by atomic mass is 32.1.